The third-order valence-electron chi connectivity index (χ3n) is 1.75. The van der Waals surface area contributed by atoms with E-state index in [1.807, 2.05) is 0 Å². The zero-order valence-electron chi connectivity index (χ0n) is 8.12. The lowest BCUT2D eigenvalue weighted by molar-refractivity contribution is 0.198. The second-order valence-corrected chi connectivity index (χ2v) is 2.77. The predicted molar refractivity (Wildman–Crippen MR) is 50.7 cm³/mol. The molecule has 14 heavy (non-hydrogen) atoms. The number of nitrogens with zero attached hydrogens (tertiary/aromatic N) is 1. The first kappa shape index (κ1) is 10.7. The Morgan fingerprint density at radius 3 is 2.93 bits per heavy atom. The van der Waals surface area contributed by atoms with Gasteiger partial charge in [-0.25, -0.2) is 9.37 Å². The largest absolute Gasteiger partial charge is 0.481 e. The number of aliphatic hydroxyl groups excluding tert-OH is 1. The average molecular weight is 200 g/mol. The molecule has 1 heterocycles. The van der Waals surface area contributed by atoms with Gasteiger partial charge < -0.3 is 15.2 Å². The van der Waals surface area contributed by atoms with Crippen molar-refractivity contribution in [2.75, 3.05) is 12.4 Å². The second kappa shape index (κ2) is 4.76. The van der Waals surface area contributed by atoms with Crippen LogP contribution in [0.2, 0.25) is 0 Å². The molecule has 5 heteroatoms. The third kappa shape index (κ3) is 2.56. The van der Waals surface area contributed by atoms with Gasteiger partial charge in [-0.1, -0.05) is 6.92 Å². The van der Waals surface area contributed by atoms with E-state index in [-0.39, 0.29) is 11.6 Å². The third-order valence-corrected chi connectivity index (χ3v) is 1.75. The number of aromatic nitrogens is 1. The van der Waals surface area contributed by atoms with Crippen molar-refractivity contribution in [2.24, 2.45) is 0 Å². The monoisotopic (exact) mass is 200 g/mol. The molecular weight excluding hydrogens is 187 g/mol. The summed E-state index contributed by atoms with van der Waals surface area (Å²) in [5, 5.41) is 11.8. The summed E-state index contributed by atoms with van der Waals surface area (Å²) >= 11 is 0. The molecule has 0 saturated carbocycles. The minimum Gasteiger partial charge on any atom is -0.481 e. The van der Waals surface area contributed by atoms with E-state index in [0.717, 1.165) is 6.07 Å². The maximum atomic E-state index is 13.2. The number of pyridine rings is 1. The Balaban J connectivity index is 2.78. The molecule has 0 spiro atoms. The van der Waals surface area contributed by atoms with Crippen molar-refractivity contribution in [1.29, 1.82) is 0 Å². The maximum absolute atomic E-state index is 13.2. The summed E-state index contributed by atoms with van der Waals surface area (Å²) in [5.41, 5.74) is 0.167. The summed E-state index contributed by atoms with van der Waals surface area (Å²) < 4.78 is 18.0. The highest BCUT2D eigenvalue weighted by Crippen LogP contribution is 2.17. The van der Waals surface area contributed by atoms with Crippen molar-refractivity contribution >= 4 is 5.69 Å². The molecule has 2 N–H and O–H groups in total. The van der Waals surface area contributed by atoms with Crippen molar-refractivity contribution in [3.05, 3.63) is 18.1 Å². The zero-order valence-corrected chi connectivity index (χ0v) is 8.12. The van der Waals surface area contributed by atoms with Crippen LogP contribution in [0.1, 0.15) is 13.3 Å². The van der Waals surface area contributed by atoms with Crippen molar-refractivity contribution < 1.29 is 14.2 Å². The Kier molecular flexibility index (Phi) is 3.64. The van der Waals surface area contributed by atoms with Gasteiger partial charge in [-0.05, 0) is 6.42 Å². The van der Waals surface area contributed by atoms with E-state index in [9.17, 15) is 9.50 Å². The first-order valence-electron chi connectivity index (χ1n) is 4.31. The molecule has 4 nitrogen and oxygen atoms in total. The molecule has 0 aromatic carbocycles. The number of rotatable bonds is 4. The summed E-state index contributed by atoms with van der Waals surface area (Å²) in [6.07, 6.45) is 1.01. The van der Waals surface area contributed by atoms with E-state index in [0.29, 0.717) is 6.42 Å². The Labute approximate surface area is 81.7 Å². The minimum absolute atomic E-state index is 0.167. The minimum atomic E-state index is -0.764. The Morgan fingerprint density at radius 1 is 1.71 bits per heavy atom. The molecule has 0 saturated heterocycles. The highest BCUT2D eigenvalue weighted by molar-refractivity contribution is 5.44. The van der Waals surface area contributed by atoms with Gasteiger partial charge in [-0.2, -0.15) is 0 Å². The van der Waals surface area contributed by atoms with Gasteiger partial charge in [0.05, 0.1) is 19.0 Å². The molecule has 1 aromatic heterocycles. The number of hydrogen-bond acceptors (Lipinski definition) is 4. The Bertz CT molecular complexity index is 307. The summed E-state index contributed by atoms with van der Waals surface area (Å²) in [6.45, 7) is 1.78. The number of halogens is 1. The highest BCUT2D eigenvalue weighted by Gasteiger charge is 2.07. The van der Waals surface area contributed by atoms with E-state index in [1.165, 1.54) is 13.3 Å². The maximum Gasteiger partial charge on any atom is 0.216 e. The molecule has 1 unspecified atom stereocenters. The summed E-state index contributed by atoms with van der Waals surface area (Å²) in [7, 11) is 1.41. The van der Waals surface area contributed by atoms with Crippen LogP contribution in [0.25, 0.3) is 0 Å². The lowest BCUT2D eigenvalue weighted by Crippen LogP contribution is -2.18. The van der Waals surface area contributed by atoms with E-state index >= 15 is 0 Å². The summed E-state index contributed by atoms with van der Waals surface area (Å²) in [4.78, 5) is 3.81. The fraction of sp³-hybridized carbons (Fsp3) is 0.444. The number of methoxy groups -OCH3 is 1. The van der Waals surface area contributed by atoms with Crippen LogP contribution in [0, 0.1) is 5.82 Å². The molecule has 1 rings (SSSR count). The van der Waals surface area contributed by atoms with Gasteiger partial charge in [-0.3, -0.25) is 0 Å². The number of ether oxygens (including phenoxy) is 1. The van der Waals surface area contributed by atoms with E-state index < -0.39 is 12.0 Å². The lowest BCUT2D eigenvalue weighted by Gasteiger charge is -2.12. The Hall–Kier alpha value is -1.36. The summed E-state index contributed by atoms with van der Waals surface area (Å²) in [6, 6.07) is 1.16. The van der Waals surface area contributed by atoms with Crippen LogP contribution in [-0.2, 0) is 0 Å². The number of nitrogens with one attached hydrogen (secondary N) is 1. The number of anilines is 1. The summed E-state index contributed by atoms with van der Waals surface area (Å²) in [5.74, 6) is -0.289. The van der Waals surface area contributed by atoms with Crippen LogP contribution >= 0.6 is 0 Å². The van der Waals surface area contributed by atoms with Crippen LogP contribution in [0.15, 0.2) is 12.3 Å². The average Bonchev–Trinajstić information content (AvgIpc) is 2.20. The van der Waals surface area contributed by atoms with E-state index in [1.54, 1.807) is 6.92 Å². The zero-order chi connectivity index (χ0) is 10.6. The fourth-order valence-electron chi connectivity index (χ4n) is 0.913. The fourth-order valence-corrected chi connectivity index (χ4v) is 0.913. The van der Waals surface area contributed by atoms with Gasteiger partial charge in [0.25, 0.3) is 0 Å². The van der Waals surface area contributed by atoms with Gasteiger partial charge in [0.1, 0.15) is 6.23 Å². The van der Waals surface area contributed by atoms with Gasteiger partial charge in [0.15, 0.2) is 5.82 Å². The second-order valence-electron chi connectivity index (χ2n) is 2.77. The van der Waals surface area contributed by atoms with Crippen LogP contribution in [0.3, 0.4) is 0 Å². The van der Waals surface area contributed by atoms with Crippen LogP contribution in [0.5, 0.6) is 5.88 Å². The lowest BCUT2D eigenvalue weighted by atomic mass is 10.3. The molecule has 0 aliphatic carbocycles. The Morgan fingerprint density at radius 2 is 2.43 bits per heavy atom. The molecule has 0 amide bonds. The normalized spacial score (nSPS) is 12.3. The molecule has 0 radical (unpaired) electrons. The van der Waals surface area contributed by atoms with Gasteiger partial charge in [0, 0.05) is 6.07 Å². The van der Waals surface area contributed by atoms with Crippen molar-refractivity contribution in [3.8, 4) is 5.88 Å². The van der Waals surface area contributed by atoms with Crippen LogP contribution in [-0.4, -0.2) is 23.4 Å². The smallest absolute Gasteiger partial charge is 0.216 e. The first-order valence-corrected chi connectivity index (χ1v) is 4.31. The highest BCUT2D eigenvalue weighted by atomic mass is 19.1. The molecule has 0 bridgehead atoms. The number of aliphatic hydroxyl groups is 1. The van der Waals surface area contributed by atoms with E-state index in [4.69, 9.17) is 4.74 Å². The van der Waals surface area contributed by atoms with Gasteiger partial charge >= 0.3 is 0 Å². The molecule has 78 valence electrons. The molecule has 0 aliphatic rings. The van der Waals surface area contributed by atoms with E-state index in [2.05, 4.69) is 10.3 Å². The van der Waals surface area contributed by atoms with Gasteiger partial charge in [0.2, 0.25) is 5.88 Å². The molecule has 0 aliphatic heterocycles. The van der Waals surface area contributed by atoms with Crippen molar-refractivity contribution in [3.63, 3.8) is 0 Å². The van der Waals surface area contributed by atoms with Crippen LogP contribution in [0.4, 0.5) is 10.1 Å². The topological polar surface area (TPSA) is 54.4 Å². The first-order chi connectivity index (χ1) is 6.67. The van der Waals surface area contributed by atoms with Crippen LogP contribution < -0.4 is 10.1 Å². The SMILES string of the molecule is CCC(O)Nc1cnc(OC)cc1F. The van der Waals surface area contributed by atoms with Crippen molar-refractivity contribution in [2.45, 2.75) is 19.6 Å². The molecule has 1 atom stereocenters. The number of hydrogen-bond donors (Lipinski definition) is 2. The van der Waals surface area contributed by atoms with Gasteiger partial charge in [-0.15, -0.1) is 0 Å². The quantitative estimate of drug-likeness (QED) is 0.721. The molecule has 1 aromatic rings. The molecule has 0 fully saturated rings. The van der Waals surface area contributed by atoms with Crippen molar-refractivity contribution in [1.82, 2.24) is 4.98 Å². The predicted octanol–water partition coefficient (Wildman–Crippen LogP) is 1.37. The molecular formula is C9H13FN2O2. The standard InChI is InChI=1S/C9H13FN2O2/c1-3-8(13)12-7-5-11-9(14-2)4-6(7)10/h4-5,8,12-13H,3H2,1-2H3.